The number of ether oxygens (including phenoxy) is 1. The van der Waals surface area contributed by atoms with Crippen molar-refractivity contribution in [2.45, 2.75) is 44.9 Å². The van der Waals surface area contributed by atoms with Gasteiger partial charge in [-0.2, -0.15) is 4.98 Å². The van der Waals surface area contributed by atoms with Crippen molar-refractivity contribution in [2.75, 3.05) is 44.9 Å². The molecule has 1 aliphatic heterocycles. The summed E-state index contributed by atoms with van der Waals surface area (Å²) < 4.78 is 6.18. The molecule has 1 atom stereocenters. The van der Waals surface area contributed by atoms with Crippen molar-refractivity contribution in [1.29, 1.82) is 0 Å². The minimum absolute atomic E-state index is 0.0243. The van der Waals surface area contributed by atoms with Gasteiger partial charge in [0, 0.05) is 11.3 Å². The number of para-hydroxylation sites is 1. The van der Waals surface area contributed by atoms with Gasteiger partial charge in [-0.05, 0) is 90.6 Å². The van der Waals surface area contributed by atoms with Crippen molar-refractivity contribution >= 4 is 34.7 Å². The number of nitrogens with zero attached hydrogens (tertiary/aromatic N) is 4. The van der Waals surface area contributed by atoms with Crippen molar-refractivity contribution in [3.05, 3.63) is 64.8 Å². The highest BCUT2D eigenvalue weighted by molar-refractivity contribution is 6.32. The van der Waals surface area contributed by atoms with Crippen LogP contribution in [0.3, 0.4) is 0 Å². The molecule has 0 radical (unpaired) electrons. The molecule has 8 nitrogen and oxygen atoms in total. The van der Waals surface area contributed by atoms with E-state index in [2.05, 4.69) is 44.7 Å². The molecule has 1 fully saturated rings. The van der Waals surface area contributed by atoms with Crippen molar-refractivity contribution < 1.29 is 9.84 Å². The first-order chi connectivity index (χ1) is 17.7. The zero-order valence-corrected chi connectivity index (χ0v) is 23.0. The van der Waals surface area contributed by atoms with Gasteiger partial charge in [0.15, 0.2) is 5.82 Å². The zero-order chi connectivity index (χ0) is 26.5. The Bertz CT molecular complexity index is 1200. The van der Waals surface area contributed by atoms with Gasteiger partial charge < -0.3 is 25.4 Å². The van der Waals surface area contributed by atoms with Crippen LogP contribution in [0.4, 0.5) is 23.1 Å². The monoisotopic (exact) mass is 524 g/mol. The topological polar surface area (TPSA) is 85.8 Å². The van der Waals surface area contributed by atoms with E-state index in [1.165, 1.54) is 5.56 Å². The van der Waals surface area contributed by atoms with Crippen LogP contribution in [-0.4, -0.2) is 65.2 Å². The Morgan fingerprint density at radius 1 is 1.08 bits per heavy atom. The summed E-state index contributed by atoms with van der Waals surface area (Å²) in [6.45, 7) is 6.25. The number of rotatable bonds is 9. The van der Waals surface area contributed by atoms with Crippen LogP contribution in [-0.2, 0) is 0 Å². The number of aliphatic hydroxyl groups is 1. The van der Waals surface area contributed by atoms with E-state index in [1.807, 2.05) is 58.3 Å². The molecule has 37 heavy (non-hydrogen) atoms. The summed E-state index contributed by atoms with van der Waals surface area (Å²) in [4.78, 5) is 13.1. The molecule has 3 aromatic rings. The quantitative estimate of drug-likeness (QED) is 0.304. The summed E-state index contributed by atoms with van der Waals surface area (Å²) in [6.07, 6.45) is 3.09. The van der Waals surface area contributed by atoms with Crippen LogP contribution in [0.5, 0.6) is 5.75 Å². The van der Waals surface area contributed by atoms with E-state index < -0.39 is 6.23 Å². The fourth-order valence-electron chi connectivity index (χ4n) is 4.47. The molecule has 198 valence electrons. The number of benzene rings is 2. The Balaban J connectivity index is 1.59. The van der Waals surface area contributed by atoms with Crippen LogP contribution < -0.4 is 15.4 Å². The molecular formula is C28H37ClN6O2. The van der Waals surface area contributed by atoms with Gasteiger partial charge >= 0.3 is 0 Å². The maximum atomic E-state index is 10.6. The second kappa shape index (κ2) is 12.1. The predicted molar refractivity (Wildman–Crippen MR) is 150 cm³/mol. The summed E-state index contributed by atoms with van der Waals surface area (Å²) in [6, 6.07) is 13.9. The van der Waals surface area contributed by atoms with Gasteiger partial charge in [0.1, 0.15) is 17.0 Å². The third-order valence-electron chi connectivity index (χ3n) is 6.53. The number of piperidine rings is 1. The lowest BCUT2D eigenvalue weighted by molar-refractivity contribution is 0.0401. The van der Waals surface area contributed by atoms with Crippen LogP contribution in [0.1, 0.15) is 50.0 Å². The summed E-state index contributed by atoms with van der Waals surface area (Å²) in [5.41, 5.74) is 3.52. The molecule has 3 N–H and O–H groups in total. The van der Waals surface area contributed by atoms with Crippen molar-refractivity contribution in [3.63, 3.8) is 0 Å². The maximum absolute atomic E-state index is 10.6. The minimum atomic E-state index is -0.777. The van der Waals surface area contributed by atoms with Crippen LogP contribution in [0.25, 0.3) is 0 Å². The fourth-order valence-corrected chi connectivity index (χ4v) is 4.60. The van der Waals surface area contributed by atoms with E-state index >= 15 is 0 Å². The highest BCUT2D eigenvalue weighted by Gasteiger charge is 2.21. The molecule has 2 aromatic carbocycles. The van der Waals surface area contributed by atoms with Crippen LogP contribution in [0.15, 0.2) is 48.7 Å². The first-order valence-corrected chi connectivity index (χ1v) is 13.1. The van der Waals surface area contributed by atoms with Gasteiger partial charge in [0.2, 0.25) is 5.95 Å². The van der Waals surface area contributed by atoms with Crippen molar-refractivity contribution in [1.82, 2.24) is 19.8 Å². The average molecular weight is 525 g/mol. The Morgan fingerprint density at radius 3 is 2.51 bits per heavy atom. The third kappa shape index (κ3) is 6.90. The molecule has 4 rings (SSSR count). The molecular weight excluding hydrogens is 488 g/mol. The average Bonchev–Trinajstić information content (AvgIpc) is 2.87. The van der Waals surface area contributed by atoms with Crippen LogP contribution in [0, 0.1) is 0 Å². The van der Waals surface area contributed by atoms with Crippen LogP contribution >= 0.6 is 11.6 Å². The number of hydrogen-bond acceptors (Lipinski definition) is 8. The zero-order valence-electron chi connectivity index (χ0n) is 22.2. The first-order valence-electron chi connectivity index (χ1n) is 12.7. The lowest BCUT2D eigenvalue weighted by Gasteiger charge is -2.29. The Morgan fingerprint density at radius 2 is 1.81 bits per heavy atom. The Labute approximate surface area is 224 Å². The summed E-state index contributed by atoms with van der Waals surface area (Å²) in [5.74, 6) is 2.13. The van der Waals surface area contributed by atoms with E-state index in [4.69, 9.17) is 16.3 Å². The van der Waals surface area contributed by atoms with Gasteiger partial charge in [-0.1, -0.05) is 35.9 Å². The predicted octanol–water partition coefficient (Wildman–Crippen LogP) is 5.77. The second-order valence-electron chi connectivity index (χ2n) is 10.1. The van der Waals surface area contributed by atoms with E-state index in [0.717, 1.165) is 37.4 Å². The molecule has 0 bridgehead atoms. The SMILES string of the molecule is CC(C)Oc1cc(C2CCN(C)CC2)ccc1Nc1ncc(Cl)c(Nc2ccccc2C(O)N(C)C)n1. The standard InChI is InChI=1S/C28H37ClN6O2/c1-18(2)37-25-16-20(19-12-14-35(5)15-13-19)10-11-24(25)32-28-30-17-22(29)26(33-28)31-23-9-7-6-8-21(23)27(36)34(3)4/h6-11,16-19,27,36H,12-15H2,1-5H3,(H2,30,31,32,33). The van der Waals surface area contributed by atoms with E-state index in [1.54, 1.807) is 11.1 Å². The highest BCUT2D eigenvalue weighted by Crippen LogP contribution is 2.36. The smallest absolute Gasteiger partial charge is 0.229 e. The lowest BCUT2D eigenvalue weighted by Crippen LogP contribution is -2.29. The van der Waals surface area contributed by atoms with Gasteiger partial charge in [0.05, 0.1) is 18.0 Å². The largest absolute Gasteiger partial charge is 0.489 e. The number of halogens is 1. The normalized spacial score (nSPS) is 15.7. The number of aromatic nitrogens is 2. The number of nitrogens with one attached hydrogen (secondary N) is 2. The molecule has 0 aliphatic carbocycles. The lowest BCUT2D eigenvalue weighted by atomic mass is 9.89. The first kappa shape index (κ1) is 27.1. The molecule has 1 unspecified atom stereocenters. The molecule has 1 saturated heterocycles. The van der Waals surface area contributed by atoms with Crippen molar-refractivity contribution in [2.24, 2.45) is 0 Å². The number of anilines is 4. The molecule has 9 heteroatoms. The van der Waals surface area contributed by atoms with Crippen molar-refractivity contribution in [3.8, 4) is 5.75 Å². The minimum Gasteiger partial charge on any atom is -0.489 e. The second-order valence-corrected chi connectivity index (χ2v) is 10.5. The molecule has 1 aromatic heterocycles. The van der Waals surface area contributed by atoms with Gasteiger partial charge in [-0.25, -0.2) is 4.98 Å². The van der Waals surface area contributed by atoms with Gasteiger partial charge in [-0.15, -0.1) is 0 Å². The van der Waals surface area contributed by atoms with Gasteiger partial charge in [-0.3, -0.25) is 4.90 Å². The molecule has 0 amide bonds. The number of hydrogen-bond donors (Lipinski definition) is 3. The summed E-state index contributed by atoms with van der Waals surface area (Å²) in [5, 5.41) is 17.5. The summed E-state index contributed by atoms with van der Waals surface area (Å²) in [7, 11) is 5.81. The van der Waals surface area contributed by atoms with Gasteiger partial charge in [0.25, 0.3) is 0 Å². The molecule has 0 spiro atoms. The Hall–Kier alpha value is -2.91. The van der Waals surface area contributed by atoms with E-state index in [0.29, 0.717) is 34.0 Å². The maximum Gasteiger partial charge on any atom is 0.229 e. The Kier molecular flexibility index (Phi) is 8.87. The van der Waals surface area contributed by atoms with Crippen LogP contribution in [0.2, 0.25) is 5.02 Å². The summed E-state index contributed by atoms with van der Waals surface area (Å²) >= 11 is 6.44. The number of aliphatic hydroxyl groups excluding tert-OH is 1. The molecule has 0 saturated carbocycles. The fraction of sp³-hybridized carbons (Fsp3) is 0.429. The number of likely N-dealkylation sites (tertiary alicyclic amines) is 1. The van der Waals surface area contributed by atoms with E-state index in [9.17, 15) is 5.11 Å². The molecule has 1 aliphatic rings. The third-order valence-corrected chi connectivity index (χ3v) is 6.81. The van der Waals surface area contributed by atoms with E-state index in [-0.39, 0.29) is 6.10 Å². The molecule has 2 heterocycles. The highest BCUT2D eigenvalue weighted by atomic mass is 35.5.